The molecule has 7 nitrogen and oxygen atoms in total. The van der Waals surface area contributed by atoms with Crippen molar-refractivity contribution in [3.8, 4) is 5.75 Å². The van der Waals surface area contributed by atoms with Gasteiger partial charge in [-0.15, -0.1) is 11.3 Å². The number of sulfonamides is 1. The van der Waals surface area contributed by atoms with Crippen LogP contribution in [-0.2, 0) is 14.8 Å². The summed E-state index contributed by atoms with van der Waals surface area (Å²) in [5, 5.41) is 5.07. The zero-order valence-electron chi connectivity index (χ0n) is 14.8. The van der Waals surface area contributed by atoms with E-state index in [4.69, 9.17) is 16.3 Å². The molecule has 27 heavy (non-hydrogen) atoms. The zero-order valence-corrected chi connectivity index (χ0v) is 17.2. The van der Waals surface area contributed by atoms with Crippen LogP contribution in [0.25, 0.3) is 0 Å². The monoisotopic (exact) mass is 430 g/mol. The second-order valence-corrected chi connectivity index (χ2v) is 9.70. The van der Waals surface area contributed by atoms with E-state index < -0.39 is 10.0 Å². The third kappa shape index (κ3) is 4.80. The van der Waals surface area contributed by atoms with Gasteiger partial charge in [0.1, 0.15) is 9.96 Å². The van der Waals surface area contributed by atoms with Crippen molar-refractivity contribution < 1.29 is 22.8 Å². The maximum Gasteiger partial charge on any atom is 0.279 e. The van der Waals surface area contributed by atoms with Crippen molar-refractivity contribution in [2.75, 3.05) is 45.2 Å². The molecule has 0 radical (unpaired) electrons. The number of ether oxygens (including phenoxy) is 1. The van der Waals surface area contributed by atoms with Gasteiger partial charge < -0.3 is 15.0 Å². The Kier molecular flexibility index (Phi) is 6.38. The van der Waals surface area contributed by atoms with E-state index >= 15 is 0 Å². The van der Waals surface area contributed by atoms with Gasteiger partial charge in [-0.05, 0) is 29.6 Å². The van der Waals surface area contributed by atoms with Gasteiger partial charge in [0.25, 0.3) is 15.9 Å². The van der Waals surface area contributed by atoms with Crippen LogP contribution in [-0.4, -0.2) is 58.5 Å². The summed E-state index contributed by atoms with van der Waals surface area (Å²) < 4.78 is 32.2. The van der Waals surface area contributed by atoms with Crippen molar-refractivity contribution in [3.63, 3.8) is 0 Å². The molecule has 2 N–H and O–H groups in total. The summed E-state index contributed by atoms with van der Waals surface area (Å²) in [7, 11) is -1.90. The number of piperazine rings is 1. The lowest BCUT2D eigenvalue weighted by atomic mass is 10.3. The molecule has 0 unspecified atom stereocenters. The van der Waals surface area contributed by atoms with Crippen molar-refractivity contribution in [1.29, 1.82) is 0 Å². The molecule has 1 aromatic heterocycles. The minimum atomic E-state index is -3.43. The Morgan fingerprint density at radius 1 is 1.33 bits per heavy atom. The predicted molar refractivity (Wildman–Crippen MR) is 105 cm³/mol. The van der Waals surface area contributed by atoms with Crippen molar-refractivity contribution >= 4 is 44.6 Å². The number of amides is 1. The molecule has 1 amide bonds. The number of benzene rings is 1. The summed E-state index contributed by atoms with van der Waals surface area (Å²) in [6, 6.07) is 8.37. The number of methoxy groups -OCH3 is 1. The molecule has 1 aromatic carbocycles. The van der Waals surface area contributed by atoms with Gasteiger partial charge in [0.05, 0.1) is 39.0 Å². The van der Waals surface area contributed by atoms with Gasteiger partial charge >= 0.3 is 0 Å². The maximum atomic E-state index is 12.5. The van der Waals surface area contributed by atoms with E-state index in [-0.39, 0.29) is 12.5 Å². The van der Waals surface area contributed by atoms with Gasteiger partial charge in [0.15, 0.2) is 6.54 Å². The number of hydrogen-bond donors (Lipinski definition) is 2. The zero-order chi connectivity index (χ0) is 19.4. The summed E-state index contributed by atoms with van der Waals surface area (Å²) in [4.78, 5) is 13.4. The van der Waals surface area contributed by atoms with Gasteiger partial charge in [0.2, 0.25) is 0 Å². The molecule has 1 saturated heterocycles. The van der Waals surface area contributed by atoms with E-state index in [1.807, 2.05) is 0 Å². The van der Waals surface area contributed by atoms with Crippen LogP contribution in [0.5, 0.6) is 5.75 Å². The summed E-state index contributed by atoms with van der Waals surface area (Å²) in [5.41, 5.74) is 0.522. The predicted octanol–water partition coefficient (Wildman–Crippen LogP) is 0.938. The standard InChI is InChI=1S/C17H20ClN3O4S2/c1-25-15-5-4-13(18)11-14(15)19-16(22)12-20-6-8-21(9-7-20)27(23,24)17-3-2-10-26-17/h2-5,10-11H,6-9,12H2,1H3,(H,19,22)/p+1. The maximum absolute atomic E-state index is 12.5. The molecular formula is C17H21ClN3O4S2+. The highest BCUT2D eigenvalue weighted by Gasteiger charge is 2.31. The molecule has 0 bridgehead atoms. The minimum Gasteiger partial charge on any atom is -0.495 e. The minimum absolute atomic E-state index is 0.167. The quantitative estimate of drug-likeness (QED) is 0.714. The van der Waals surface area contributed by atoms with E-state index in [0.717, 1.165) is 4.90 Å². The Balaban J connectivity index is 1.55. The number of nitrogens with one attached hydrogen (secondary N) is 2. The van der Waals surface area contributed by atoms with Gasteiger partial charge in [-0.25, -0.2) is 8.42 Å². The molecule has 146 valence electrons. The highest BCUT2D eigenvalue weighted by Crippen LogP contribution is 2.27. The third-order valence-corrected chi connectivity index (χ3v) is 7.87. The fourth-order valence-electron chi connectivity index (χ4n) is 2.96. The molecule has 0 spiro atoms. The topological polar surface area (TPSA) is 80.2 Å². The SMILES string of the molecule is COc1ccc(Cl)cc1NC(=O)C[NH+]1CCN(S(=O)(=O)c2cccs2)CC1. The van der Waals surface area contributed by atoms with Gasteiger partial charge in [-0.1, -0.05) is 17.7 Å². The van der Waals surface area contributed by atoms with Crippen LogP contribution in [0, 0.1) is 0 Å². The van der Waals surface area contributed by atoms with E-state index in [1.54, 1.807) is 35.7 Å². The van der Waals surface area contributed by atoms with E-state index in [0.29, 0.717) is 46.8 Å². The van der Waals surface area contributed by atoms with E-state index in [1.165, 1.54) is 22.8 Å². The second-order valence-electron chi connectivity index (χ2n) is 6.16. The van der Waals surface area contributed by atoms with Crippen LogP contribution in [0.2, 0.25) is 5.02 Å². The molecule has 0 atom stereocenters. The molecule has 2 heterocycles. The Morgan fingerprint density at radius 3 is 2.70 bits per heavy atom. The first-order valence-corrected chi connectivity index (χ1v) is 11.1. The largest absolute Gasteiger partial charge is 0.495 e. The number of nitrogens with zero attached hydrogens (tertiary/aromatic N) is 1. The first kappa shape index (κ1) is 20.1. The first-order valence-electron chi connectivity index (χ1n) is 8.41. The fraction of sp³-hybridized carbons (Fsp3) is 0.353. The van der Waals surface area contributed by atoms with Crippen LogP contribution in [0.15, 0.2) is 39.9 Å². The summed E-state index contributed by atoms with van der Waals surface area (Å²) in [6.07, 6.45) is 0. The van der Waals surface area contributed by atoms with Crippen molar-refractivity contribution in [3.05, 3.63) is 40.7 Å². The van der Waals surface area contributed by atoms with Crippen LogP contribution < -0.4 is 15.0 Å². The number of thiophene rings is 1. The molecule has 2 aromatic rings. The first-order chi connectivity index (χ1) is 12.9. The Hall–Kier alpha value is -1.65. The molecule has 0 aliphatic carbocycles. The Labute approximate surface area is 167 Å². The molecule has 3 rings (SSSR count). The number of rotatable bonds is 6. The van der Waals surface area contributed by atoms with Crippen LogP contribution in [0.1, 0.15) is 0 Å². The highest BCUT2D eigenvalue weighted by atomic mass is 35.5. The Morgan fingerprint density at radius 2 is 2.07 bits per heavy atom. The average Bonchev–Trinajstić information content (AvgIpc) is 3.18. The van der Waals surface area contributed by atoms with E-state index in [2.05, 4.69) is 5.32 Å². The van der Waals surface area contributed by atoms with E-state index in [9.17, 15) is 13.2 Å². The third-order valence-electron chi connectivity index (χ3n) is 4.36. The Bertz CT molecular complexity index is 895. The molecule has 0 saturated carbocycles. The molecule has 1 fully saturated rings. The summed E-state index contributed by atoms with van der Waals surface area (Å²) >= 11 is 7.19. The molecule has 1 aliphatic heterocycles. The van der Waals surface area contributed by atoms with Crippen LogP contribution in [0.4, 0.5) is 5.69 Å². The lowest BCUT2D eigenvalue weighted by Crippen LogP contribution is -3.15. The number of hydrogen-bond acceptors (Lipinski definition) is 5. The number of carbonyl (C=O) groups is 1. The van der Waals surface area contributed by atoms with Crippen molar-refractivity contribution in [2.45, 2.75) is 4.21 Å². The normalized spacial score (nSPS) is 16.2. The fourth-order valence-corrected chi connectivity index (χ4v) is 5.71. The average molecular weight is 431 g/mol. The van der Waals surface area contributed by atoms with Gasteiger partial charge in [-0.3, -0.25) is 4.79 Å². The van der Waals surface area contributed by atoms with Crippen molar-refractivity contribution in [1.82, 2.24) is 4.31 Å². The van der Waals surface area contributed by atoms with Crippen LogP contribution >= 0.6 is 22.9 Å². The number of carbonyl (C=O) groups excluding carboxylic acids is 1. The van der Waals surface area contributed by atoms with Gasteiger partial charge in [0, 0.05) is 5.02 Å². The molecule has 1 aliphatic rings. The lowest BCUT2D eigenvalue weighted by molar-refractivity contribution is -0.895. The van der Waals surface area contributed by atoms with Gasteiger partial charge in [-0.2, -0.15) is 4.31 Å². The smallest absolute Gasteiger partial charge is 0.279 e. The number of anilines is 1. The summed E-state index contributed by atoms with van der Waals surface area (Å²) in [5.74, 6) is 0.370. The molecule has 10 heteroatoms. The van der Waals surface area contributed by atoms with Crippen LogP contribution in [0.3, 0.4) is 0 Å². The lowest BCUT2D eigenvalue weighted by Gasteiger charge is -2.30. The second kappa shape index (κ2) is 8.57. The molecular weight excluding hydrogens is 410 g/mol. The summed E-state index contributed by atoms with van der Waals surface area (Å²) in [6.45, 7) is 2.19. The highest BCUT2D eigenvalue weighted by molar-refractivity contribution is 7.91. The number of halogens is 1. The van der Waals surface area contributed by atoms with Crippen molar-refractivity contribution in [2.24, 2.45) is 0 Å². The number of quaternary nitrogens is 1.